The first-order valence-electron chi connectivity index (χ1n) is 7.01. The van der Waals surface area contributed by atoms with Crippen LogP contribution in [-0.2, 0) is 0 Å². The second-order valence-corrected chi connectivity index (χ2v) is 4.94. The Labute approximate surface area is 124 Å². The van der Waals surface area contributed by atoms with Crippen LogP contribution in [0, 0.1) is 12.7 Å². The predicted molar refractivity (Wildman–Crippen MR) is 84.3 cm³/mol. The van der Waals surface area contributed by atoms with Crippen molar-refractivity contribution >= 4 is 17.3 Å². The number of hydrogen-bond donors (Lipinski definition) is 2. The summed E-state index contributed by atoms with van der Waals surface area (Å²) in [6.45, 7) is 4.83. The molecule has 21 heavy (non-hydrogen) atoms. The quantitative estimate of drug-likeness (QED) is 0.864. The Hall–Kier alpha value is -2.36. The maximum atomic E-state index is 13.6. The maximum Gasteiger partial charge on any atom is 0.255 e. The Kier molecular flexibility index (Phi) is 4.93. The van der Waals surface area contributed by atoms with E-state index in [1.165, 1.54) is 6.07 Å². The van der Waals surface area contributed by atoms with E-state index in [1.54, 1.807) is 24.3 Å². The van der Waals surface area contributed by atoms with Gasteiger partial charge in [-0.3, -0.25) is 4.79 Å². The van der Waals surface area contributed by atoms with Crippen LogP contribution in [0.1, 0.15) is 29.3 Å². The second-order valence-electron chi connectivity index (χ2n) is 4.94. The number of amides is 1. The highest BCUT2D eigenvalue weighted by Crippen LogP contribution is 2.17. The first-order chi connectivity index (χ1) is 10.1. The molecule has 0 aromatic heterocycles. The van der Waals surface area contributed by atoms with Gasteiger partial charge < -0.3 is 10.6 Å². The van der Waals surface area contributed by atoms with Crippen molar-refractivity contribution in [3.8, 4) is 0 Å². The fourth-order valence-electron chi connectivity index (χ4n) is 1.94. The lowest BCUT2D eigenvalue weighted by atomic mass is 10.1. The van der Waals surface area contributed by atoms with Gasteiger partial charge in [-0.15, -0.1) is 0 Å². The molecule has 3 nitrogen and oxygen atoms in total. The molecule has 2 aromatic rings. The molecule has 2 rings (SSSR count). The van der Waals surface area contributed by atoms with Crippen molar-refractivity contribution in [1.29, 1.82) is 0 Å². The molecule has 0 saturated carbocycles. The van der Waals surface area contributed by atoms with Crippen LogP contribution in [0.5, 0.6) is 0 Å². The molecule has 4 heteroatoms. The van der Waals surface area contributed by atoms with Crippen LogP contribution in [-0.4, -0.2) is 12.5 Å². The molecule has 2 N–H and O–H groups in total. The number of carbonyl (C=O) groups excluding carboxylic acids is 1. The molecule has 0 aliphatic rings. The first kappa shape index (κ1) is 15.0. The summed E-state index contributed by atoms with van der Waals surface area (Å²) in [5, 5.41) is 5.83. The summed E-state index contributed by atoms with van der Waals surface area (Å²) in [6, 6.07) is 11.8. The standard InChI is InChI=1S/C17H19FN2O/c1-3-10-19-14-7-5-13(6-8-14)17(21)20-16-11-12(2)4-9-15(16)18/h4-9,11,19H,3,10H2,1-2H3,(H,20,21). The number of carbonyl (C=O) groups is 1. The number of hydrogen-bond acceptors (Lipinski definition) is 2. The van der Waals surface area contributed by atoms with Crippen LogP contribution in [0.3, 0.4) is 0 Å². The van der Waals surface area contributed by atoms with Crippen LogP contribution >= 0.6 is 0 Å². The van der Waals surface area contributed by atoms with Crippen LogP contribution in [0.15, 0.2) is 42.5 Å². The fourth-order valence-corrected chi connectivity index (χ4v) is 1.94. The number of nitrogens with one attached hydrogen (secondary N) is 2. The number of rotatable bonds is 5. The van der Waals surface area contributed by atoms with Crippen molar-refractivity contribution in [2.24, 2.45) is 0 Å². The van der Waals surface area contributed by atoms with Gasteiger partial charge >= 0.3 is 0 Å². The van der Waals surface area contributed by atoms with Gasteiger partial charge in [-0.05, 0) is 55.3 Å². The molecular weight excluding hydrogens is 267 g/mol. The van der Waals surface area contributed by atoms with Crippen molar-refractivity contribution in [1.82, 2.24) is 0 Å². The molecule has 0 aliphatic heterocycles. The number of benzene rings is 2. The summed E-state index contributed by atoms with van der Waals surface area (Å²) in [7, 11) is 0. The van der Waals surface area contributed by atoms with E-state index in [4.69, 9.17) is 0 Å². The van der Waals surface area contributed by atoms with Gasteiger partial charge in [0, 0.05) is 17.8 Å². The minimum absolute atomic E-state index is 0.202. The van der Waals surface area contributed by atoms with Gasteiger partial charge in [-0.1, -0.05) is 13.0 Å². The molecule has 0 aliphatic carbocycles. The third kappa shape index (κ3) is 4.05. The fraction of sp³-hybridized carbons (Fsp3) is 0.235. The lowest BCUT2D eigenvalue weighted by Crippen LogP contribution is -2.13. The van der Waals surface area contributed by atoms with Crippen molar-refractivity contribution in [2.75, 3.05) is 17.2 Å². The van der Waals surface area contributed by atoms with E-state index in [0.29, 0.717) is 5.56 Å². The summed E-state index contributed by atoms with van der Waals surface area (Å²) >= 11 is 0. The second kappa shape index (κ2) is 6.88. The summed E-state index contributed by atoms with van der Waals surface area (Å²) in [6.07, 6.45) is 1.04. The van der Waals surface area contributed by atoms with E-state index in [9.17, 15) is 9.18 Å². The Bertz CT molecular complexity index is 623. The van der Waals surface area contributed by atoms with Crippen LogP contribution in [0.25, 0.3) is 0 Å². The van der Waals surface area contributed by atoms with Crippen LogP contribution in [0.2, 0.25) is 0 Å². The van der Waals surface area contributed by atoms with E-state index in [2.05, 4.69) is 17.6 Å². The average molecular weight is 286 g/mol. The molecule has 2 aromatic carbocycles. The molecule has 1 amide bonds. The summed E-state index contributed by atoms with van der Waals surface area (Å²) in [5.74, 6) is -0.753. The molecule has 0 radical (unpaired) electrons. The Morgan fingerprint density at radius 2 is 1.86 bits per heavy atom. The Morgan fingerprint density at radius 1 is 1.14 bits per heavy atom. The lowest BCUT2D eigenvalue weighted by Gasteiger charge is -2.09. The van der Waals surface area contributed by atoms with E-state index in [0.717, 1.165) is 24.2 Å². The highest BCUT2D eigenvalue weighted by atomic mass is 19.1. The molecule has 0 unspecified atom stereocenters. The van der Waals surface area contributed by atoms with Crippen molar-refractivity contribution in [3.63, 3.8) is 0 Å². The van der Waals surface area contributed by atoms with E-state index in [1.807, 2.05) is 19.1 Å². The zero-order valence-electron chi connectivity index (χ0n) is 12.2. The maximum absolute atomic E-state index is 13.6. The van der Waals surface area contributed by atoms with Crippen molar-refractivity contribution in [3.05, 3.63) is 59.4 Å². The van der Waals surface area contributed by atoms with Crippen molar-refractivity contribution in [2.45, 2.75) is 20.3 Å². The average Bonchev–Trinajstić information content (AvgIpc) is 2.49. The van der Waals surface area contributed by atoms with Gasteiger partial charge in [-0.25, -0.2) is 4.39 Å². The van der Waals surface area contributed by atoms with Gasteiger partial charge in [0.2, 0.25) is 0 Å². The van der Waals surface area contributed by atoms with Crippen LogP contribution < -0.4 is 10.6 Å². The molecule has 0 atom stereocenters. The number of aryl methyl sites for hydroxylation is 1. The monoisotopic (exact) mass is 286 g/mol. The van der Waals surface area contributed by atoms with E-state index >= 15 is 0 Å². The highest BCUT2D eigenvalue weighted by Gasteiger charge is 2.09. The minimum atomic E-state index is -0.435. The molecule has 0 bridgehead atoms. The molecule has 0 heterocycles. The summed E-state index contributed by atoms with van der Waals surface area (Å²) in [4.78, 5) is 12.1. The predicted octanol–water partition coefficient (Wildman–Crippen LogP) is 4.21. The van der Waals surface area contributed by atoms with Crippen molar-refractivity contribution < 1.29 is 9.18 Å². The summed E-state index contributed by atoms with van der Waals surface area (Å²) < 4.78 is 13.6. The molecule has 0 fully saturated rings. The molecule has 0 saturated heterocycles. The largest absolute Gasteiger partial charge is 0.385 e. The third-order valence-corrected chi connectivity index (χ3v) is 3.10. The smallest absolute Gasteiger partial charge is 0.255 e. The summed E-state index contributed by atoms with van der Waals surface area (Å²) in [5.41, 5.74) is 2.56. The topological polar surface area (TPSA) is 41.1 Å². The highest BCUT2D eigenvalue weighted by molar-refractivity contribution is 6.04. The normalized spacial score (nSPS) is 10.2. The molecular formula is C17H19FN2O. The van der Waals surface area contributed by atoms with E-state index < -0.39 is 5.82 Å². The third-order valence-electron chi connectivity index (χ3n) is 3.10. The number of halogens is 1. The zero-order valence-corrected chi connectivity index (χ0v) is 12.2. The number of anilines is 2. The lowest BCUT2D eigenvalue weighted by molar-refractivity contribution is 0.102. The van der Waals surface area contributed by atoms with Gasteiger partial charge in [0.05, 0.1) is 5.69 Å². The first-order valence-corrected chi connectivity index (χ1v) is 7.01. The van der Waals surface area contributed by atoms with E-state index in [-0.39, 0.29) is 11.6 Å². The SMILES string of the molecule is CCCNc1ccc(C(=O)Nc2cc(C)ccc2F)cc1. The molecule has 110 valence electrons. The van der Waals surface area contributed by atoms with Crippen LogP contribution in [0.4, 0.5) is 15.8 Å². The minimum Gasteiger partial charge on any atom is -0.385 e. The van der Waals surface area contributed by atoms with Gasteiger partial charge in [0.15, 0.2) is 0 Å². The van der Waals surface area contributed by atoms with Gasteiger partial charge in [-0.2, -0.15) is 0 Å². The zero-order chi connectivity index (χ0) is 15.2. The Morgan fingerprint density at radius 3 is 2.52 bits per heavy atom. The Balaban J connectivity index is 2.07. The van der Waals surface area contributed by atoms with Gasteiger partial charge in [0.25, 0.3) is 5.91 Å². The molecule has 0 spiro atoms. The van der Waals surface area contributed by atoms with Gasteiger partial charge in [0.1, 0.15) is 5.82 Å².